The van der Waals surface area contributed by atoms with Gasteiger partial charge in [-0.2, -0.15) is 4.31 Å². The highest BCUT2D eigenvalue weighted by Crippen LogP contribution is 2.24. The number of piperidine rings is 1. The van der Waals surface area contributed by atoms with E-state index in [1.807, 2.05) is 0 Å². The molecule has 7 nitrogen and oxygen atoms in total. The maximum Gasteiger partial charge on any atom is 0.243 e. The van der Waals surface area contributed by atoms with Gasteiger partial charge in [0.2, 0.25) is 10.0 Å². The Morgan fingerprint density at radius 1 is 1.25 bits per heavy atom. The molecule has 3 rings (SSSR count). The molecule has 130 valence electrons. The molecule has 1 aliphatic rings. The SMILES string of the molecule is Cn1c(CCC(=O)[O-])nc2cc(S(=O)(=O)N3CCCCC3)ccc21. The first-order chi connectivity index (χ1) is 11.4. The molecule has 0 aliphatic carbocycles. The van der Waals surface area contributed by atoms with E-state index in [0.717, 1.165) is 24.8 Å². The van der Waals surface area contributed by atoms with Crippen molar-refractivity contribution in [3.8, 4) is 0 Å². The zero-order valence-electron chi connectivity index (χ0n) is 13.6. The van der Waals surface area contributed by atoms with Crippen LogP contribution in [0.15, 0.2) is 23.1 Å². The molecule has 24 heavy (non-hydrogen) atoms. The number of benzene rings is 1. The van der Waals surface area contributed by atoms with E-state index in [1.54, 1.807) is 29.8 Å². The molecule has 1 aromatic carbocycles. The average Bonchev–Trinajstić information content (AvgIpc) is 2.89. The highest BCUT2D eigenvalue weighted by Gasteiger charge is 2.26. The summed E-state index contributed by atoms with van der Waals surface area (Å²) in [5.41, 5.74) is 1.34. The second kappa shape index (κ2) is 6.52. The number of fused-ring (bicyclic) bond motifs is 1. The first-order valence-corrected chi connectivity index (χ1v) is 9.49. The lowest BCUT2D eigenvalue weighted by atomic mass is 10.2. The molecule has 0 unspecified atom stereocenters. The fraction of sp³-hybridized carbons (Fsp3) is 0.500. The van der Waals surface area contributed by atoms with Gasteiger partial charge in [0, 0.05) is 32.5 Å². The van der Waals surface area contributed by atoms with Crippen LogP contribution in [0.25, 0.3) is 11.0 Å². The van der Waals surface area contributed by atoms with Crippen molar-refractivity contribution in [2.24, 2.45) is 7.05 Å². The first-order valence-electron chi connectivity index (χ1n) is 8.05. The van der Waals surface area contributed by atoms with Crippen LogP contribution in [0.1, 0.15) is 31.5 Å². The summed E-state index contributed by atoms with van der Waals surface area (Å²) in [6.45, 7) is 1.11. The quantitative estimate of drug-likeness (QED) is 0.779. The lowest BCUT2D eigenvalue weighted by Crippen LogP contribution is -2.35. The third-order valence-electron chi connectivity index (χ3n) is 4.45. The van der Waals surface area contributed by atoms with Gasteiger partial charge in [-0.25, -0.2) is 13.4 Å². The number of carboxylic acids is 1. The van der Waals surface area contributed by atoms with Gasteiger partial charge >= 0.3 is 0 Å². The van der Waals surface area contributed by atoms with Gasteiger partial charge < -0.3 is 14.5 Å². The van der Waals surface area contributed by atoms with Crippen molar-refractivity contribution in [2.45, 2.75) is 37.0 Å². The van der Waals surface area contributed by atoms with Gasteiger partial charge in [-0.15, -0.1) is 0 Å². The monoisotopic (exact) mass is 350 g/mol. The van der Waals surface area contributed by atoms with E-state index in [9.17, 15) is 18.3 Å². The number of rotatable bonds is 5. The van der Waals surface area contributed by atoms with Crippen LogP contribution in [0.5, 0.6) is 0 Å². The van der Waals surface area contributed by atoms with E-state index in [4.69, 9.17) is 0 Å². The third kappa shape index (κ3) is 3.16. The molecule has 1 saturated heterocycles. The molecule has 2 aromatic rings. The van der Waals surface area contributed by atoms with Crippen LogP contribution >= 0.6 is 0 Å². The topological polar surface area (TPSA) is 95.3 Å². The van der Waals surface area contributed by atoms with Gasteiger partial charge in [-0.1, -0.05) is 6.42 Å². The van der Waals surface area contributed by atoms with Gasteiger partial charge in [-0.05, 0) is 37.5 Å². The van der Waals surface area contributed by atoms with Gasteiger partial charge in [0.15, 0.2) is 0 Å². The summed E-state index contributed by atoms with van der Waals surface area (Å²) in [6, 6.07) is 4.89. The average molecular weight is 350 g/mol. The number of imidazole rings is 1. The molecule has 0 N–H and O–H groups in total. The lowest BCUT2D eigenvalue weighted by Gasteiger charge is -2.25. The predicted octanol–water partition coefficient (Wildman–Crippen LogP) is 0.430. The second-order valence-electron chi connectivity index (χ2n) is 6.07. The van der Waals surface area contributed by atoms with Crippen LogP contribution in [0.3, 0.4) is 0 Å². The number of aromatic nitrogens is 2. The summed E-state index contributed by atoms with van der Waals surface area (Å²) in [5.74, 6) is -0.530. The number of hydrogen-bond acceptors (Lipinski definition) is 5. The van der Waals surface area contributed by atoms with Crippen LogP contribution in [-0.4, -0.2) is 41.3 Å². The molecule has 0 radical (unpaired) electrons. The Kier molecular flexibility index (Phi) is 4.60. The Morgan fingerprint density at radius 2 is 1.96 bits per heavy atom. The summed E-state index contributed by atoms with van der Waals surface area (Å²) in [4.78, 5) is 15.3. The van der Waals surface area contributed by atoms with Crippen molar-refractivity contribution in [3.05, 3.63) is 24.0 Å². The smallest absolute Gasteiger partial charge is 0.243 e. The lowest BCUT2D eigenvalue weighted by molar-refractivity contribution is -0.305. The minimum atomic E-state index is -3.50. The van der Waals surface area contributed by atoms with Crippen molar-refractivity contribution in [3.63, 3.8) is 0 Å². The van der Waals surface area contributed by atoms with Crippen LogP contribution in [-0.2, 0) is 28.3 Å². The van der Waals surface area contributed by atoms with Crippen LogP contribution in [0.4, 0.5) is 0 Å². The molecule has 0 bridgehead atoms. The Balaban J connectivity index is 1.94. The highest BCUT2D eigenvalue weighted by atomic mass is 32.2. The molecule has 0 atom stereocenters. The first kappa shape index (κ1) is 16.9. The third-order valence-corrected chi connectivity index (χ3v) is 6.35. The van der Waals surface area contributed by atoms with Gasteiger partial charge in [0.1, 0.15) is 5.82 Å². The number of nitrogens with zero attached hydrogens (tertiary/aromatic N) is 3. The Labute approximate surface area is 141 Å². The Bertz CT molecular complexity index is 867. The minimum absolute atomic E-state index is 0.115. The summed E-state index contributed by atoms with van der Waals surface area (Å²) < 4.78 is 28.8. The van der Waals surface area contributed by atoms with Crippen molar-refractivity contribution in [2.75, 3.05) is 13.1 Å². The maximum absolute atomic E-state index is 12.7. The summed E-state index contributed by atoms with van der Waals surface area (Å²) >= 11 is 0. The molecule has 2 heterocycles. The normalized spacial score (nSPS) is 16.5. The van der Waals surface area contributed by atoms with Crippen molar-refractivity contribution >= 4 is 27.0 Å². The molecule has 0 spiro atoms. The number of hydrogen-bond donors (Lipinski definition) is 0. The minimum Gasteiger partial charge on any atom is -0.550 e. The van der Waals surface area contributed by atoms with Crippen molar-refractivity contribution in [1.29, 1.82) is 0 Å². The molecular weight excluding hydrogens is 330 g/mol. The second-order valence-corrected chi connectivity index (χ2v) is 8.01. The van der Waals surface area contributed by atoms with Crippen LogP contribution in [0, 0.1) is 0 Å². The highest BCUT2D eigenvalue weighted by molar-refractivity contribution is 7.89. The number of carbonyl (C=O) groups excluding carboxylic acids is 1. The summed E-state index contributed by atoms with van der Waals surface area (Å²) in [5, 5.41) is 10.6. The summed E-state index contributed by atoms with van der Waals surface area (Å²) in [6.07, 6.45) is 2.97. The fourth-order valence-corrected chi connectivity index (χ4v) is 4.62. The zero-order chi connectivity index (χ0) is 17.3. The maximum atomic E-state index is 12.7. The molecule has 1 aliphatic heterocycles. The fourth-order valence-electron chi connectivity index (χ4n) is 3.08. The molecule has 1 aromatic heterocycles. The Hall–Kier alpha value is -1.93. The van der Waals surface area contributed by atoms with Crippen LogP contribution < -0.4 is 5.11 Å². The summed E-state index contributed by atoms with van der Waals surface area (Å²) in [7, 11) is -1.71. The van der Waals surface area contributed by atoms with Gasteiger partial charge in [-0.3, -0.25) is 0 Å². The number of aryl methyl sites for hydroxylation is 2. The molecule has 1 fully saturated rings. The van der Waals surface area contributed by atoms with Gasteiger partial charge in [0.05, 0.1) is 15.9 Å². The molecule has 0 amide bonds. The molecule has 8 heteroatoms. The number of aliphatic carboxylic acids is 1. The van der Waals surface area contributed by atoms with E-state index < -0.39 is 16.0 Å². The number of carboxylic acid groups (broad SMARTS) is 1. The van der Waals surface area contributed by atoms with Gasteiger partial charge in [0.25, 0.3) is 0 Å². The van der Waals surface area contributed by atoms with Crippen molar-refractivity contribution in [1.82, 2.24) is 13.9 Å². The van der Waals surface area contributed by atoms with E-state index in [2.05, 4.69) is 4.98 Å². The van der Waals surface area contributed by atoms with E-state index in [0.29, 0.717) is 24.4 Å². The largest absolute Gasteiger partial charge is 0.550 e. The van der Waals surface area contributed by atoms with E-state index in [1.165, 1.54) is 4.31 Å². The predicted molar refractivity (Wildman–Crippen MR) is 86.7 cm³/mol. The standard InChI is InChI=1S/C16H21N3O4S/c1-18-14-6-5-12(24(22,23)19-9-3-2-4-10-19)11-13(14)17-15(18)7-8-16(20)21/h5-6,11H,2-4,7-10H2,1H3,(H,20,21)/p-1. The number of sulfonamides is 1. The van der Waals surface area contributed by atoms with E-state index in [-0.39, 0.29) is 17.7 Å². The van der Waals surface area contributed by atoms with E-state index >= 15 is 0 Å². The zero-order valence-corrected chi connectivity index (χ0v) is 14.4. The van der Waals surface area contributed by atoms with Crippen LogP contribution in [0.2, 0.25) is 0 Å². The molecular formula is C16H20N3O4S-. The number of carbonyl (C=O) groups is 1. The van der Waals surface area contributed by atoms with Crippen molar-refractivity contribution < 1.29 is 18.3 Å². The Morgan fingerprint density at radius 3 is 2.62 bits per heavy atom. The molecule has 0 saturated carbocycles.